The summed E-state index contributed by atoms with van der Waals surface area (Å²) in [6.07, 6.45) is -1.85. The quantitative estimate of drug-likeness (QED) is 0.522. The Labute approximate surface area is 194 Å². The van der Waals surface area contributed by atoms with E-state index in [9.17, 15) is 13.2 Å². The number of anilines is 2. The van der Waals surface area contributed by atoms with Gasteiger partial charge in [0, 0.05) is 37.1 Å². The van der Waals surface area contributed by atoms with Crippen LogP contribution in [0, 0.1) is 0 Å². The van der Waals surface area contributed by atoms with Gasteiger partial charge in [-0.3, -0.25) is 10.00 Å². The highest BCUT2D eigenvalue weighted by molar-refractivity contribution is 5.93. The zero-order chi connectivity index (χ0) is 23.7. The van der Waals surface area contributed by atoms with Gasteiger partial charge in [-0.25, -0.2) is 0 Å². The van der Waals surface area contributed by atoms with E-state index in [0.29, 0.717) is 42.0 Å². The standard InChI is InChI=1S/C22H26F3N7O2/c23-22(24,25)16-2-3-17-15(12-27-30-17)19(16)32-6-4-14-18(13-32)28-21(29-20(14)26)34-9-1-5-31-7-10-33-11-8-31/h2-3,12H,1,4-11,13H2,(H,27,30)(H2,26,28,29). The number of rotatable bonds is 6. The fourth-order valence-electron chi connectivity index (χ4n) is 4.54. The van der Waals surface area contributed by atoms with Crippen molar-refractivity contribution in [1.29, 1.82) is 0 Å². The van der Waals surface area contributed by atoms with Crippen molar-refractivity contribution in [2.45, 2.75) is 25.6 Å². The second-order valence-electron chi connectivity index (χ2n) is 8.43. The Bertz CT molecular complexity index is 1160. The number of fused-ring (bicyclic) bond motifs is 2. The molecule has 0 bridgehead atoms. The van der Waals surface area contributed by atoms with Crippen molar-refractivity contribution in [1.82, 2.24) is 25.1 Å². The number of aromatic nitrogens is 4. The third kappa shape index (κ3) is 4.60. The lowest BCUT2D eigenvalue weighted by Gasteiger charge is -2.32. The average Bonchev–Trinajstić information content (AvgIpc) is 3.30. The van der Waals surface area contributed by atoms with Crippen molar-refractivity contribution in [2.24, 2.45) is 0 Å². The first-order chi connectivity index (χ1) is 16.4. The predicted molar refractivity (Wildman–Crippen MR) is 120 cm³/mol. The van der Waals surface area contributed by atoms with Gasteiger partial charge in [0.05, 0.1) is 55.0 Å². The van der Waals surface area contributed by atoms with E-state index >= 15 is 0 Å². The van der Waals surface area contributed by atoms with E-state index in [2.05, 4.69) is 25.1 Å². The molecule has 3 aromatic rings. The monoisotopic (exact) mass is 477 g/mol. The van der Waals surface area contributed by atoms with Gasteiger partial charge in [-0.1, -0.05) is 0 Å². The number of H-pyrrole nitrogens is 1. The van der Waals surface area contributed by atoms with Crippen LogP contribution in [0.3, 0.4) is 0 Å². The number of halogens is 3. The number of ether oxygens (including phenoxy) is 2. The molecule has 2 aromatic heterocycles. The Kier molecular flexibility index (Phi) is 6.17. The molecule has 0 unspecified atom stereocenters. The minimum atomic E-state index is -4.50. The van der Waals surface area contributed by atoms with Crippen molar-refractivity contribution in [3.05, 3.63) is 35.2 Å². The molecule has 182 valence electrons. The Morgan fingerprint density at radius 1 is 1.15 bits per heavy atom. The predicted octanol–water partition coefficient (Wildman–Crippen LogP) is 2.62. The number of aromatic amines is 1. The molecular formula is C22H26F3N7O2. The van der Waals surface area contributed by atoms with Gasteiger partial charge in [-0.2, -0.15) is 28.2 Å². The number of nitrogens with zero attached hydrogens (tertiary/aromatic N) is 5. The zero-order valence-electron chi connectivity index (χ0n) is 18.6. The van der Waals surface area contributed by atoms with Crippen molar-refractivity contribution < 1.29 is 22.6 Å². The maximum Gasteiger partial charge on any atom is 0.418 e. The molecule has 1 aromatic carbocycles. The molecular weight excluding hydrogens is 451 g/mol. The highest BCUT2D eigenvalue weighted by atomic mass is 19.4. The van der Waals surface area contributed by atoms with E-state index in [4.69, 9.17) is 15.2 Å². The van der Waals surface area contributed by atoms with Crippen LogP contribution in [0.4, 0.5) is 24.7 Å². The van der Waals surface area contributed by atoms with Gasteiger partial charge in [0.2, 0.25) is 0 Å². The second kappa shape index (κ2) is 9.26. The molecule has 4 heterocycles. The van der Waals surface area contributed by atoms with Crippen molar-refractivity contribution in [2.75, 3.05) is 56.6 Å². The molecule has 0 amide bonds. The van der Waals surface area contributed by atoms with Crippen molar-refractivity contribution >= 4 is 22.4 Å². The first-order valence-electron chi connectivity index (χ1n) is 11.3. The van der Waals surface area contributed by atoms with Gasteiger partial charge in [0.25, 0.3) is 0 Å². The molecule has 9 nitrogen and oxygen atoms in total. The smallest absolute Gasteiger partial charge is 0.418 e. The largest absolute Gasteiger partial charge is 0.463 e. The van der Waals surface area contributed by atoms with E-state index < -0.39 is 11.7 Å². The highest BCUT2D eigenvalue weighted by Crippen LogP contribution is 2.42. The molecule has 2 aliphatic heterocycles. The summed E-state index contributed by atoms with van der Waals surface area (Å²) in [6.45, 7) is 5.11. The summed E-state index contributed by atoms with van der Waals surface area (Å²) in [5, 5.41) is 7.10. The lowest BCUT2D eigenvalue weighted by atomic mass is 10.0. The molecule has 2 aliphatic rings. The van der Waals surface area contributed by atoms with Gasteiger partial charge < -0.3 is 20.1 Å². The van der Waals surface area contributed by atoms with E-state index in [1.165, 1.54) is 12.3 Å². The molecule has 1 fully saturated rings. The van der Waals surface area contributed by atoms with Crippen LogP contribution in [0.15, 0.2) is 18.3 Å². The second-order valence-corrected chi connectivity index (χ2v) is 8.43. The Morgan fingerprint density at radius 2 is 1.97 bits per heavy atom. The van der Waals surface area contributed by atoms with Crippen LogP contribution < -0.4 is 15.4 Å². The minimum Gasteiger partial charge on any atom is -0.463 e. The van der Waals surface area contributed by atoms with E-state index in [1.54, 1.807) is 4.90 Å². The number of nitrogens with two attached hydrogens (primary N) is 1. The summed E-state index contributed by atoms with van der Waals surface area (Å²) in [6, 6.07) is 2.63. The summed E-state index contributed by atoms with van der Waals surface area (Å²) in [5.74, 6) is 0.311. The molecule has 34 heavy (non-hydrogen) atoms. The molecule has 0 radical (unpaired) electrons. The fourth-order valence-corrected chi connectivity index (χ4v) is 4.54. The maximum atomic E-state index is 13.8. The van der Waals surface area contributed by atoms with E-state index in [-0.39, 0.29) is 18.2 Å². The van der Waals surface area contributed by atoms with Crippen molar-refractivity contribution in [3.8, 4) is 6.01 Å². The van der Waals surface area contributed by atoms with E-state index in [0.717, 1.165) is 50.9 Å². The molecule has 0 aliphatic carbocycles. The van der Waals surface area contributed by atoms with Crippen LogP contribution >= 0.6 is 0 Å². The molecule has 5 rings (SSSR count). The van der Waals surface area contributed by atoms with Crippen LogP contribution in [0.25, 0.3) is 10.9 Å². The molecule has 3 N–H and O–H groups in total. The lowest BCUT2D eigenvalue weighted by molar-refractivity contribution is -0.137. The zero-order valence-corrected chi connectivity index (χ0v) is 18.6. The Hall–Kier alpha value is -3.12. The number of hydrogen-bond donors (Lipinski definition) is 2. The van der Waals surface area contributed by atoms with Gasteiger partial charge in [-0.15, -0.1) is 0 Å². The fraction of sp³-hybridized carbons (Fsp3) is 0.500. The van der Waals surface area contributed by atoms with Crippen LogP contribution in [-0.2, 0) is 23.9 Å². The first kappa shape index (κ1) is 22.7. The number of benzene rings is 1. The summed E-state index contributed by atoms with van der Waals surface area (Å²) in [4.78, 5) is 12.8. The third-order valence-corrected chi connectivity index (χ3v) is 6.25. The number of alkyl halides is 3. The number of morpholine rings is 1. The highest BCUT2D eigenvalue weighted by Gasteiger charge is 2.37. The van der Waals surface area contributed by atoms with Crippen LogP contribution in [-0.4, -0.2) is 71.1 Å². The normalized spacial score (nSPS) is 17.2. The third-order valence-electron chi connectivity index (χ3n) is 6.25. The SMILES string of the molecule is Nc1nc(OCCCN2CCOCC2)nc2c1CCN(c1c(C(F)(F)F)ccc3[nH]ncc13)C2. The number of nitrogens with one attached hydrogen (secondary N) is 1. The summed E-state index contributed by atoms with van der Waals surface area (Å²) in [7, 11) is 0. The van der Waals surface area contributed by atoms with Gasteiger partial charge in [-0.05, 0) is 25.0 Å². The summed E-state index contributed by atoms with van der Waals surface area (Å²) in [5.41, 5.74) is 7.42. The molecule has 0 spiro atoms. The Balaban J connectivity index is 1.34. The summed E-state index contributed by atoms with van der Waals surface area (Å²) >= 11 is 0. The van der Waals surface area contributed by atoms with Crippen molar-refractivity contribution in [3.63, 3.8) is 0 Å². The lowest BCUT2D eigenvalue weighted by Crippen LogP contribution is -2.37. The molecule has 1 saturated heterocycles. The number of hydrogen-bond acceptors (Lipinski definition) is 8. The molecule has 0 atom stereocenters. The first-order valence-corrected chi connectivity index (χ1v) is 11.3. The molecule has 12 heteroatoms. The van der Waals surface area contributed by atoms with Gasteiger partial charge in [0.1, 0.15) is 5.82 Å². The van der Waals surface area contributed by atoms with E-state index in [1.807, 2.05) is 0 Å². The van der Waals surface area contributed by atoms with Crippen LogP contribution in [0.1, 0.15) is 23.2 Å². The topological polar surface area (TPSA) is 105 Å². The minimum absolute atomic E-state index is 0.0922. The van der Waals surface area contributed by atoms with Crippen LogP contribution in [0.5, 0.6) is 6.01 Å². The van der Waals surface area contributed by atoms with Crippen LogP contribution in [0.2, 0.25) is 0 Å². The molecule has 0 saturated carbocycles. The Morgan fingerprint density at radius 3 is 2.76 bits per heavy atom. The maximum absolute atomic E-state index is 13.8. The van der Waals surface area contributed by atoms with Gasteiger partial charge in [0.15, 0.2) is 0 Å². The van der Waals surface area contributed by atoms with Gasteiger partial charge >= 0.3 is 12.2 Å². The average molecular weight is 477 g/mol. The summed E-state index contributed by atoms with van der Waals surface area (Å²) < 4.78 is 52.6. The number of nitrogen functional groups attached to an aromatic ring is 1.